The molecule has 1 heterocycles. The monoisotopic (exact) mass is 292 g/mol. The van der Waals surface area contributed by atoms with Crippen LogP contribution >= 0.6 is 11.6 Å². The van der Waals surface area contributed by atoms with Gasteiger partial charge >= 0.3 is 0 Å². The van der Waals surface area contributed by atoms with Crippen LogP contribution in [0.15, 0.2) is 41.0 Å². The fraction of sp³-hybridized carbons (Fsp3) is 0.267. The van der Waals surface area contributed by atoms with Crippen LogP contribution in [0, 0.1) is 0 Å². The highest BCUT2D eigenvalue weighted by Gasteiger charge is 2.08. The average Bonchev–Trinajstić information content (AvgIpc) is 2.90. The smallest absolute Gasteiger partial charge is 0.248 e. The average molecular weight is 293 g/mol. The number of amides is 1. The van der Waals surface area contributed by atoms with Crippen LogP contribution in [0.2, 0.25) is 5.02 Å². The molecule has 1 atom stereocenters. The van der Waals surface area contributed by atoms with Crippen LogP contribution in [-0.2, 0) is 13.0 Å². The van der Waals surface area contributed by atoms with Crippen molar-refractivity contribution in [2.75, 3.05) is 0 Å². The van der Waals surface area contributed by atoms with Crippen molar-refractivity contribution >= 4 is 17.5 Å². The molecule has 1 aromatic carbocycles. The molecule has 106 valence electrons. The van der Waals surface area contributed by atoms with Crippen LogP contribution in [-0.4, -0.2) is 11.9 Å². The largest absolute Gasteiger partial charge is 0.469 e. The number of halogens is 1. The second-order valence-corrected chi connectivity index (χ2v) is 5.14. The van der Waals surface area contributed by atoms with E-state index in [9.17, 15) is 4.79 Å². The predicted octanol–water partition coefficient (Wildman–Crippen LogP) is 2.75. The lowest BCUT2D eigenvalue weighted by Gasteiger charge is -2.13. The van der Waals surface area contributed by atoms with Gasteiger partial charge in [-0.1, -0.05) is 17.7 Å². The molecule has 0 aliphatic carbocycles. The third kappa shape index (κ3) is 3.85. The van der Waals surface area contributed by atoms with Crippen LogP contribution < -0.4 is 11.1 Å². The van der Waals surface area contributed by atoms with Crippen molar-refractivity contribution in [2.45, 2.75) is 25.9 Å². The Kier molecular flexibility index (Phi) is 4.82. The van der Waals surface area contributed by atoms with Crippen LogP contribution in [0.5, 0.6) is 0 Å². The van der Waals surface area contributed by atoms with Crippen molar-refractivity contribution in [3.05, 3.63) is 58.5 Å². The highest BCUT2D eigenvalue weighted by Crippen LogP contribution is 2.18. The molecule has 2 aromatic rings. The molecule has 1 amide bonds. The minimum absolute atomic E-state index is 0.257. The number of hydrogen-bond donors (Lipinski definition) is 2. The van der Waals surface area contributed by atoms with Gasteiger partial charge in [0.1, 0.15) is 5.76 Å². The van der Waals surface area contributed by atoms with Gasteiger partial charge in [0.05, 0.1) is 6.26 Å². The van der Waals surface area contributed by atoms with Gasteiger partial charge in [-0.15, -0.1) is 0 Å². The zero-order chi connectivity index (χ0) is 14.5. The lowest BCUT2D eigenvalue weighted by atomic mass is 10.1. The van der Waals surface area contributed by atoms with Gasteiger partial charge in [-0.25, -0.2) is 0 Å². The molecule has 5 heteroatoms. The molecule has 0 spiro atoms. The maximum atomic E-state index is 11.0. The van der Waals surface area contributed by atoms with E-state index in [4.69, 9.17) is 21.8 Å². The molecule has 0 bridgehead atoms. The molecular formula is C15H17ClN2O2. The van der Waals surface area contributed by atoms with E-state index in [0.29, 0.717) is 17.1 Å². The maximum Gasteiger partial charge on any atom is 0.248 e. The summed E-state index contributed by atoms with van der Waals surface area (Å²) in [5.74, 6) is 0.470. The number of rotatable bonds is 6. The summed E-state index contributed by atoms with van der Waals surface area (Å²) in [6.45, 7) is 2.70. The Hall–Kier alpha value is -1.78. The topological polar surface area (TPSA) is 68.3 Å². The van der Waals surface area contributed by atoms with E-state index in [1.807, 2.05) is 18.2 Å². The number of furan rings is 1. The second-order valence-electron chi connectivity index (χ2n) is 4.74. The molecule has 0 radical (unpaired) electrons. The lowest BCUT2D eigenvalue weighted by molar-refractivity contribution is 0.100. The van der Waals surface area contributed by atoms with Gasteiger partial charge in [0.25, 0.3) is 0 Å². The summed E-state index contributed by atoms with van der Waals surface area (Å²) in [5.41, 5.74) is 6.56. The van der Waals surface area contributed by atoms with Crippen molar-refractivity contribution < 1.29 is 9.21 Å². The number of carbonyl (C=O) groups is 1. The Bertz CT molecular complexity index is 582. The molecule has 1 unspecified atom stereocenters. The number of primary amides is 1. The number of benzene rings is 1. The van der Waals surface area contributed by atoms with Crippen molar-refractivity contribution in [3.8, 4) is 0 Å². The van der Waals surface area contributed by atoms with E-state index in [1.165, 1.54) is 0 Å². The van der Waals surface area contributed by atoms with E-state index in [0.717, 1.165) is 17.7 Å². The van der Waals surface area contributed by atoms with Gasteiger partial charge in [0.2, 0.25) is 5.91 Å². The van der Waals surface area contributed by atoms with Gasteiger partial charge in [0, 0.05) is 29.6 Å². The van der Waals surface area contributed by atoms with Gasteiger partial charge in [-0.2, -0.15) is 0 Å². The van der Waals surface area contributed by atoms with Gasteiger partial charge < -0.3 is 15.5 Å². The standard InChI is InChI=1S/C15H17ClN2O2/c1-10(7-13-3-2-6-20-13)18-9-12-5-4-11(15(17)19)8-14(12)16/h2-6,8,10,18H,7,9H2,1H3,(H2,17,19). The van der Waals surface area contributed by atoms with Crippen LogP contribution in [0.4, 0.5) is 0 Å². The summed E-state index contributed by atoms with van der Waals surface area (Å²) in [6.07, 6.45) is 2.48. The summed E-state index contributed by atoms with van der Waals surface area (Å²) in [5, 5.41) is 3.91. The molecule has 0 saturated carbocycles. The normalized spacial score (nSPS) is 12.3. The van der Waals surface area contributed by atoms with Crippen molar-refractivity contribution in [3.63, 3.8) is 0 Å². The van der Waals surface area contributed by atoms with Crippen molar-refractivity contribution in [2.24, 2.45) is 5.73 Å². The van der Waals surface area contributed by atoms with E-state index < -0.39 is 5.91 Å². The summed E-state index contributed by atoms with van der Waals surface area (Å²) in [4.78, 5) is 11.0. The van der Waals surface area contributed by atoms with Crippen molar-refractivity contribution in [1.29, 1.82) is 0 Å². The molecule has 1 aromatic heterocycles. The van der Waals surface area contributed by atoms with Crippen LogP contribution in [0.1, 0.15) is 28.6 Å². The van der Waals surface area contributed by atoms with E-state index in [1.54, 1.807) is 18.4 Å². The fourth-order valence-electron chi connectivity index (χ4n) is 1.93. The molecular weight excluding hydrogens is 276 g/mol. The molecule has 2 rings (SSSR count). The Labute approximate surface area is 122 Å². The van der Waals surface area contributed by atoms with Crippen LogP contribution in [0.3, 0.4) is 0 Å². The summed E-state index contributed by atoms with van der Waals surface area (Å²) in [6, 6.07) is 9.18. The molecule has 0 fully saturated rings. The first-order valence-electron chi connectivity index (χ1n) is 6.40. The Morgan fingerprint density at radius 2 is 2.25 bits per heavy atom. The Morgan fingerprint density at radius 3 is 2.85 bits per heavy atom. The maximum absolute atomic E-state index is 11.0. The number of carbonyl (C=O) groups excluding carboxylic acids is 1. The molecule has 0 saturated heterocycles. The minimum Gasteiger partial charge on any atom is -0.469 e. The lowest BCUT2D eigenvalue weighted by Crippen LogP contribution is -2.27. The highest BCUT2D eigenvalue weighted by atomic mass is 35.5. The SMILES string of the molecule is CC(Cc1ccco1)NCc1ccc(C(N)=O)cc1Cl. The zero-order valence-corrected chi connectivity index (χ0v) is 12.0. The first-order chi connectivity index (χ1) is 9.56. The minimum atomic E-state index is -0.474. The van der Waals surface area contributed by atoms with Crippen molar-refractivity contribution in [1.82, 2.24) is 5.32 Å². The van der Waals surface area contributed by atoms with E-state index in [2.05, 4.69) is 12.2 Å². The molecule has 0 aliphatic heterocycles. The third-order valence-electron chi connectivity index (χ3n) is 3.07. The number of nitrogens with one attached hydrogen (secondary N) is 1. The molecule has 20 heavy (non-hydrogen) atoms. The summed E-state index contributed by atoms with van der Waals surface area (Å²) < 4.78 is 5.30. The predicted molar refractivity (Wildman–Crippen MR) is 78.7 cm³/mol. The molecule has 4 nitrogen and oxygen atoms in total. The van der Waals surface area contributed by atoms with Gasteiger partial charge in [-0.05, 0) is 36.8 Å². The first-order valence-corrected chi connectivity index (χ1v) is 6.78. The molecule has 0 aliphatic rings. The number of nitrogens with two attached hydrogens (primary N) is 1. The zero-order valence-electron chi connectivity index (χ0n) is 11.2. The van der Waals surface area contributed by atoms with E-state index >= 15 is 0 Å². The second kappa shape index (κ2) is 6.59. The quantitative estimate of drug-likeness (QED) is 0.860. The Balaban J connectivity index is 1.92. The van der Waals surface area contributed by atoms with Gasteiger partial charge in [0.15, 0.2) is 0 Å². The highest BCUT2D eigenvalue weighted by molar-refractivity contribution is 6.31. The van der Waals surface area contributed by atoms with Gasteiger partial charge in [-0.3, -0.25) is 4.79 Å². The summed E-state index contributed by atoms with van der Waals surface area (Å²) in [7, 11) is 0. The summed E-state index contributed by atoms with van der Waals surface area (Å²) >= 11 is 6.13. The van der Waals surface area contributed by atoms with Crippen LogP contribution in [0.25, 0.3) is 0 Å². The first kappa shape index (κ1) is 14.6. The number of hydrogen-bond acceptors (Lipinski definition) is 3. The van der Waals surface area contributed by atoms with E-state index in [-0.39, 0.29) is 6.04 Å². The fourth-order valence-corrected chi connectivity index (χ4v) is 2.18. The molecule has 3 N–H and O–H groups in total. The Morgan fingerprint density at radius 1 is 1.45 bits per heavy atom. The third-order valence-corrected chi connectivity index (χ3v) is 3.42.